The number of carbonyl (C=O) groups is 1. The van der Waals surface area contributed by atoms with Crippen molar-refractivity contribution in [2.24, 2.45) is 0 Å². The minimum Gasteiger partial charge on any atom is -0.484 e. The second kappa shape index (κ2) is 7.87. The molecular formula is C16H19ClN2O3. The highest BCUT2D eigenvalue weighted by Crippen LogP contribution is 2.18. The van der Waals surface area contributed by atoms with Gasteiger partial charge in [-0.15, -0.1) is 0 Å². The largest absolute Gasteiger partial charge is 0.484 e. The van der Waals surface area contributed by atoms with Crippen LogP contribution in [0.25, 0.3) is 0 Å². The molecule has 2 rings (SSSR count). The number of halogens is 1. The van der Waals surface area contributed by atoms with Gasteiger partial charge in [0.05, 0.1) is 12.3 Å². The van der Waals surface area contributed by atoms with Crippen molar-refractivity contribution in [3.8, 4) is 5.75 Å². The maximum absolute atomic E-state index is 11.9. The number of hydrogen-bond acceptors (Lipinski definition) is 4. The molecule has 5 nitrogen and oxygen atoms in total. The van der Waals surface area contributed by atoms with Crippen molar-refractivity contribution in [3.05, 3.63) is 53.4 Å². The zero-order valence-electron chi connectivity index (χ0n) is 12.6. The standard InChI is InChI=1S/C16H19ClN2O3/c1-19(2)14(15-4-3-9-21-15)10-18-16(20)11-22-13-7-5-12(17)6-8-13/h3-9,14H,10-11H2,1-2H3,(H,18,20)/t14-/m1/s1. The smallest absolute Gasteiger partial charge is 0.258 e. The fourth-order valence-electron chi connectivity index (χ4n) is 1.96. The topological polar surface area (TPSA) is 54.7 Å². The number of furan rings is 1. The molecule has 1 atom stereocenters. The number of likely N-dealkylation sites (N-methyl/N-ethyl adjacent to an activating group) is 1. The van der Waals surface area contributed by atoms with Crippen LogP contribution in [0.1, 0.15) is 11.8 Å². The Bertz CT molecular complexity index is 582. The van der Waals surface area contributed by atoms with Crippen molar-refractivity contribution in [2.75, 3.05) is 27.2 Å². The van der Waals surface area contributed by atoms with Crippen molar-refractivity contribution in [1.29, 1.82) is 0 Å². The normalized spacial score (nSPS) is 12.2. The average Bonchev–Trinajstić information content (AvgIpc) is 3.00. The van der Waals surface area contributed by atoms with E-state index in [0.717, 1.165) is 5.76 Å². The summed E-state index contributed by atoms with van der Waals surface area (Å²) in [5.41, 5.74) is 0. The van der Waals surface area contributed by atoms with Crippen LogP contribution < -0.4 is 10.1 Å². The van der Waals surface area contributed by atoms with Gasteiger partial charge in [0.2, 0.25) is 0 Å². The number of carbonyl (C=O) groups excluding carboxylic acids is 1. The molecule has 1 aromatic heterocycles. The van der Waals surface area contributed by atoms with Crippen molar-refractivity contribution >= 4 is 17.5 Å². The van der Waals surface area contributed by atoms with E-state index in [4.69, 9.17) is 20.8 Å². The molecule has 0 spiro atoms. The highest BCUT2D eigenvalue weighted by Gasteiger charge is 2.17. The number of rotatable bonds is 7. The zero-order chi connectivity index (χ0) is 15.9. The predicted octanol–water partition coefficient (Wildman–Crippen LogP) is 2.73. The SMILES string of the molecule is CN(C)[C@H](CNC(=O)COc1ccc(Cl)cc1)c1ccco1. The molecule has 0 aliphatic heterocycles. The summed E-state index contributed by atoms with van der Waals surface area (Å²) in [4.78, 5) is 13.9. The third kappa shape index (κ3) is 4.79. The Kier molecular flexibility index (Phi) is 5.86. The van der Waals surface area contributed by atoms with Crippen molar-refractivity contribution in [3.63, 3.8) is 0 Å². The zero-order valence-corrected chi connectivity index (χ0v) is 13.3. The van der Waals surface area contributed by atoms with Gasteiger partial charge in [-0.05, 0) is 50.5 Å². The van der Waals surface area contributed by atoms with E-state index in [1.54, 1.807) is 30.5 Å². The number of ether oxygens (including phenoxy) is 1. The van der Waals surface area contributed by atoms with Crippen LogP contribution in [0.15, 0.2) is 47.1 Å². The molecule has 2 aromatic rings. The first-order valence-electron chi connectivity index (χ1n) is 6.91. The molecular weight excluding hydrogens is 304 g/mol. The summed E-state index contributed by atoms with van der Waals surface area (Å²) in [7, 11) is 3.87. The van der Waals surface area contributed by atoms with Crippen LogP contribution in [0, 0.1) is 0 Å². The Morgan fingerprint density at radius 1 is 1.32 bits per heavy atom. The van der Waals surface area contributed by atoms with Crippen molar-refractivity contribution in [1.82, 2.24) is 10.2 Å². The quantitative estimate of drug-likeness (QED) is 0.851. The summed E-state index contributed by atoms with van der Waals surface area (Å²) in [5.74, 6) is 1.23. The Morgan fingerprint density at radius 3 is 2.64 bits per heavy atom. The molecule has 0 saturated carbocycles. The van der Waals surface area contributed by atoms with E-state index in [1.807, 2.05) is 31.1 Å². The molecule has 1 aromatic carbocycles. The van der Waals surface area contributed by atoms with Gasteiger partial charge in [-0.3, -0.25) is 9.69 Å². The Morgan fingerprint density at radius 2 is 2.05 bits per heavy atom. The first kappa shape index (κ1) is 16.4. The highest BCUT2D eigenvalue weighted by molar-refractivity contribution is 6.30. The first-order chi connectivity index (χ1) is 10.6. The number of nitrogens with zero attached hydrogens (tertiary/aromatic N) is 1. The second-order valence-electron chi connectivity index (χ2n) is 5.04. The van der Waals surface area contributed by atoms with Gasteiger partial charge in [0.15, 0.2) is 6.61 Å². The Labute approximate surface area is 134 Å². The minimum atomic E-state index is -0.187. The van der Waals surface area contributed by atoms with Gasteiger partial charge in [-0.25, -0.2) is 0 Å². The number of benzene rings is 1. The average molecular weight is 323 g/mol. The van der Waals surface area contributed by atoms with E-state index in [2.05, 4.69) is 5.32 Å². The summed E-state index contributed by atoms with van der Waals surface area (Å²) >= 11 is 5.79. The number of nitrogens with one attached hydrogen (secondary N) is 1. The lowest BCUT2D eigenvalue weighted by Crippen LogP contribution is -2.36. The molecule has 1 amide bonds. The van der Waals surface area contributed by atoms with Crippen LogP contribution in [0.5, 0.6) is 5.75 Å². The molecule has 0 radical (unpaired) electrons. The van der Waals surface area contributed by atoms with Gasteiger partial charge in [0, 0.05) is 11.6 Å². The van der Waals surface area contributed by atoms with Crippen molar-refractivity contribution < 1.29 is 13.9 Å². The molecule has 0 unspecified atom stereocenters. The van der Waals surface area contributed by atoms with E-state index < -0.39 is 0 Å². The van der Waals surface area contributed by atoms with Gasteiger partial charge >= 0.3 is 0 Å². The fourth-order valence-corrected chi connectivity index (χ4v) is 2.09. The molecule has 0 aliphatic rings. The summed E-state index contributed by atoms with van der Waals surface area (Å²) in [6.45, 7) is 0.406. The number of amides is 1. The fraction of sp³-hybridized carbons (Fsp3) is 0.312. The van der Waals surface area contributed by atoms with E-state index in [9.17, 15) is 4.79 Å². The summed E-state index contributed by atoms with van der Waals surface area (Å²) < 4.78 is 10.8. The third-order valence-corrected chi connectivity index (χ3v) is 3.42. The summed E-state index contributed by atoms with van der Waals surface area (Å²) in [5, 5.41) is 3.47. The van der Waals surface area contributed by atoms with Gasteiger partial charge in [-0.1, -0.05) is 11.6 Å². The van der Waals surface area contributed by atoms with E-state index in [-0.39, 0.29) is 18.6 Å². The molecule has 1 heterocycles. The van der Waals surface area contributed by atoms with E-state index >= 15 is 0 Å². The van der Waals surface area contributed by atoms with Gasteiger partial charge in [-0.2, -0.15) is 0 Å². The molecule has 22 heavy (non-hydrogen) atoms. The molecule has 6 heteroatoms. The lowest BCUT2D eigenvalue weighted by Gasteiger charge is -2.22. The van der Waals surface area contributed by atoms with Crippen LogP contribution in [-0.2, 0) is 4.79 Å². The molecule has 118 valence electrons. The highest BCUT2D eigenvalue weighted by atomic mass is 35.5. The molecule has 0 aliphatic carbocycles. The lowest BCUT2D eigenvalue weighted by molar-refractivity contribution is -0.123. The first-order valence-corrected chi connectivity index (χ1v) is 7.29. The Hall–Kier alpha value is -1.98. The minimum absolute atomic E-state index is 0.0190. The lowest BCUT2D eigenvalue weighted by atomic mass is 10.2. The predicted molar refractivity (Wildman–Crippen MR) is 85.1 cm³/mol. The monoisotopic (exact) mass is 322 g/mol. The van der Waals surface area contributed by atoms with Crippen LogP contribution in [0.4, 0.5) is 0 Å². The van der Waals surface area contributed by atoms with E-state index in [0.29, 0.717) is 17.3 Å². The van der Waals surface area contributed by atoms with Crippen LogP contribution >= 0.6 is 11.6 Å². The second-order valence-corrected chi connectivity index (χ2v) is 5.48. The van der Waals surface area contributed by atoms with Crippen molar-refractivity contribution in [2.45, 2.75) is 6.04 Å². The Balaban J connectivity index is 1.80. The molecule has 0 saturated heterocycles. The van der Waals surface area contributed by atoms with Crippen LogP contribution in [0.3, 0.4) is 0 Å². The maximum atomic E-state index is 11.9. The van der Waals surface area contributed by atoms with Gasteiger partial charge in [0.1, 0.15) is 11.5 Å². The molecule has 1 N–H and O–H groups in total. The molecule has 0 bridgehead atoms. The van der Waals surface area contributed by atoms with Gasteiger partial charge in [0.25, 0.3) is 5.91 Å². The van der Waals surface area contributed by atoms with E-state index in [1.165, 1.54) is 0 Å². The maximum Gasteiger partial charge on any atom is 0.258 e. The van der Waals surface area contributed by atoms with Crippen LogP contribution in [0.2, 0.25) is 5.02 Å². The van der Waals surface area contributed by atoms with Gasteiger partial charge < -0.3 is 14.5 Å². The number of hydrogen-bond donors (Lipinski definition) is 1. The summed E-state index contributed by atoms with van der Waals surface area (Å²) in [6, 6.07) is 10.6. The van der Waals surface area contributed by atoms with Crippen LogP contribution in [-0.4, -0.2) is 38.1 Å². The molecule has 0 fully saturated rings. The third-order valence-electron chi connectivity index (χ3n) is 3.17. The summed E-state index contributed by atoms with van der Waals surface area (Å²) in [6.07, 6.45) is 1.62.